The molecule has 1 atom stereocenters. The second-order valence-corrected chi connectivity index (χ2v) is 6.07. The van der Waals surface area contributed by atoms with Gasteiger partial charge in [-0.25, -0.2) is 4.79 Å². The van der Waals surface area contributed by atoms with Crippen LogP contribution in [0, 0.1) is 0 Å². The van der Waals surface area contributed by atoms with Crippen molar-refractivity contribution in [2.75, 3.05) is 13.7 Å². The van der Waals surface area contributed by atoms with Gasteiger partial charge in [0.05, 0.1) is 12.7 Å². The molecule has 124 valence electrons. The van der Waals surface area contributed by atoms with Gasteiger partial charge in [-0.3, -0.25) is 4.79 Å². The fraction of sp³-hybridized carbons (Fsp3) is 0.300. The Morgan fingerprint density at radius 2 is 1.79 bits per heavy atom. The molecule has 0 aliphatic heterocycles. The predicted octanol–water partition coefficient (Wildman–Crippen LogP) is 3.32. The lowest BCUT2D eigenvalue weighted by molar-refractivity contribution is 0.0600. The number of methoxy groups -OCH3 is 1. The van der Waals surface area contributed by atoms with E-state index in [4.69, 9.17) is 0 Å². The molecule has 4 heteroatoms. The number of carbonyl (C=O) groups is 2. The van der Waals surface area contributed by atoms with Crippen molar-refractivity contribution in [1.82, 2.24) is 5.32 Å². The largest absolute Gasteiger partial charge is 0.465 e. The molecule has 0 fully saturated rings. The van der Waals surface area contributed by atoms with Gasteiger partial charge in [0.1, 0.15) is 0 Å². The molecule has 1 amide bonds. The summed E-state index contributed by atoms with van der Waals surface area (Å²) in [4.78, 5) is 23.7. The molecule has 1 unspecified atom stereocenters. The molecule has 1 aliphatic carbocycles. The number of amides is 1. The van der Waals surface area contributed by atoms with Crippen molar-refractivity contribution < 1.29 is 14.3 Å². The first-order valence-corrected chi connectivity index (χ1v) is 8.23. The van der Waals surface area contributed by atoms with Crippen LogP contribution in [0.25, 0.3) is 0 Å². The molecule has 2 aromatic rings. The van der Waals surface area contributed by atoms with E-state index >= 15 is 0 Å². The van der Waals surface area contributed by atoms with E-state index in [-0.39, 0.29) is 5.91 Å². The highest BCUT2D eigenvalue weighted by Gasteiger charge is 2.20. The zero-order valence-corrected chi connectivity index (χ0v) is 13.7. The number of fused-ring (bicyclic) bond motifs is 1. The molecule has 0 heterocycles. The van der Waals surface area contributed by atoms with Gasteiger partial charge in [0.2, 0.25) is 0 Å². The summed E-state index contributed by atoms with van der Waals surface area (Å²) in [6.07, 6.45) is 3.37. The Morgan fingerprint density at radius 3 is 2.54 bits per heavy atom. The fourth-order valence-corrected chi connectivity index (χ4v) is 3.26. The quantitative estimate of drug-likeness (QED) is 0.878. The van der Waals surface area contributed by atoms with E-state index in [9.17, 15) is 9.59 Å². The van der Waals surface area contributed by atoms with Crippen molar-refractivity contribution in [3.8, 4) is 0 Å². The second kappa shape index (κ2) is 7.30. The number of esters is 1. The van der Waals surface area contributed by atoms with Crippen LogP contribution in [0.15, 0.2) is 48.5 Å². The minimum atomic E-state index is -0.402. The maximum absolute atomic E-state index is 12.3. The summed E-state index contributed by atoms with van der Waals surface area (Å²) < 4.78 is 4.66. The topological polar surface area (TPSA) is 55.4 Å². The minimum absolute atomic E-state index is 0.116. The maximum atomic E-state index is 12.3. The second-order valence-electron chi connectivity index (χ2n) is 6.07. The highest BCUT2D eigenvalue weighted by atomic mass is 16.5. The Bertz CT molecular complexity index is 737. The molecule has 2 aromatic carbocycles. The summed E-state index contributed by atoms with van der Waals surface area (Å²) in [7, 11) is 1.34. The van der Waals surface area contributed by atoms with Crippen LogP contribution in [0.4, 0.5) is 0 Å². The Labute approximate surface area is 141 Å². The Morgan fingerprint density at radius 1 is 1.08 bits per heavy atom. The number of carbonyl (C=O) groups excluding carboxylic acids is 2. The van der Waals surface area contributed by atoms with Crippen molar-refractivity contribution in [2.24, 2.45) is 0 Å². The van der Waals surface area contributed by atoms with Crippen LogP contribution in [0.1, 0.15) is 50.6 Å². The highest BCUT2D eigenvalue weighted by Crippen LogP contribution is 2.30. The Kier molecular flexibility index (Phi) is 4.94. The molecule has 0 radical (unpaired) electrons. The number of nitrogens with one attached hydrogen (secondary N) is 1. The van der Waals surface area contributed by atoms with Crippen molar-refractivity contribution in [3.63, 3.8) is 0 Å². The number of rotatable bonds is 4. The van der Waals surface area contributed by atoms with E-state index in [1.54, 1.807) is 24.3 Å². The normalized spacial score (nSPS) is 16.1. The summed E-state index contributed by atoms with van der Waals surface area (Å²) in [5.74, 6) is -0.150. The lowest BCUT2D eigenvalue weighted by Gasteiger charge is -2.25. The summed E-state index contributed by atoms with van der Waals surface area (Å²) in [6.45, 7) is 0.634. The van der Waals surface area contributed by atoms with Crippen molar-refractivity contribution in [1.29, 1.82) is 0 Å². The summed E-state index contributed by atoms with van der Waals surface area (Å²) >= 11 is 0. The third-order valence-electron chi connectivity index (χ3n) is 4.57. The number of ether oxygens (including phenoxy) is 1. The van der Waals surface area contributed by atoms with Crippen LogP contribution in [0.2, 0.25) is 0 Å². The number of benzene rings is 2. The van der Waals surface area contributed by atoms with Gasteiger partial charge >= 0.3 is 5.97 Å². The van der Waals surface area contributed by atoms with Crippen LogP contribution < -0.4 is 5.32 Å². The van der Waals surface area contributed by atoms with Gasteiger partial charge < -0.3 is 10.1 Å². The third kappa shape index (κ3) is 3.48. The van der Waals surface area contributed by atoms with Crippen molar-refractivity contribution in [3.05, 3.63) is 70.8 Å². The smallest absolute Gasteiger partial charge is 0.337 e. The predicted molar refractivity (Wildman–Crippen MR) is 92.2 cm³/mol. The maximum Gasteiger partial charge on any atom is 0.337 e. The first-order chi connectivity index (χ1) is 11.7. The number of hydrogen-bond acceptors (Lipinski definition) is 3. The molecule has 0 saturated heterocycles. The summed E-state index contributed by atoms with van der Waals surface area (Å²) in [5, 5.41) is 3.02. The van der Waals surface area contributed by atoms with E-state index in [0.717, 1.165) is 19.3 Å². The highest BCUT2D eigenvalue weighted by molar-refractivity contribution is 5.96. The first kappa shape index (κ1) is 16.2. The molecule has 1 aliphatic rings. The SMILES string of the molecule is COC(=O)c1ccc(C(=O)NCC2CCCc3ccccc32)cc1. The average Bonchev–Trinajstić information content (AvgIpc) is 2.65. The van der Waals surface area contributed by atoms with E-state index in [1.807, 2.05) is 0 Å². The van der Waals surface area contributed by atoms with Gasteiger partial charge in [-0.15, -0.1) is 0 Å². The van der Waals surface area contributed by atoms with Gasteiger partial charge in [-0.1, -0.05) is 24.3 Å². The standard InChI is InChI=1S/C20H21NO3/c1-24-20(23)16-11-9-15(10-12-16)19(22)21-13-17-7-4-6-14-5-2-3-8-18(14)17/h2-3,5,8-12,17H,4,6-7,13H2,1H3,(H,21,22). The average molecular weight is 323 g/mol. The molecule has 3 rings (SSSR count). The van der Waals surface area contributed by atoms with E-state index in [1.165, 1.54) is 18.2 Å². The zero-order chi connectivity index (χ0) is 16.9. The van der Waals surface area contributed by atoms with Gasteiger partial charge in [-0.05, 0) is 54.7 Å². The summed E-state index contributed by atoms with van der Waals surface area (Å²) in [6, 6.07) is 15.0. The van der Waals surface area contributed by atoms with Crippen LogP contribution >= 0.6 is 0 Å². The molecule has 4 nitrogen and oxygen atoms in total. The monoisotopic (exact) mass is 323 g/mol. The fourth-order valence-electron chi connectivity index (χ4n) is 3.26. The Hall–Kier alpha value is -2.62. The van der Waals surface area contributed by atoms with Crippen molar-refractivity contribution in [2.45, 2.75) is 25.2 Å². The summed E-state index contributed by atoms with van der Waals surface area (Å²) in [5.41, 5.74) is 3.73. The number of hydrogen-bond donors (Lipinski definition) is 1. The third-order valence-corrected chi connectivity index (χ3v) is 4.57. The number of aryl methyl sites for hydroxylation is 1. The van der Waals surface area contributed by atoms with E-state index < -0.39 is 5.97 Å². The molecule has 0 spiro atoms. The van der Waals surface area contributed by atoms with Gasteiger partial charge in [0.25, 0.3) is 5.91 Å². The zero-order valence-electron chi connectivity index (χ0n) is 13.7. The van der Waals surface area contributed by atoms with E-state index in [0.29, 0.717) is 23.6 Å². The van der Waals surface area contributed by atoms with E-state index in [2.05, 4.69) is 34.3 Å². The lowest BCUT2D eigenvalue weighted by atomic mass is 9.83. The first-order valence-electron chi connectivity index (χ1n) is 8.23. The van der Waals surface area contributed by atoms with Crippen LogP contribution in [0.5, 0.6) is 0 Å². The molecular formula is C20H21NO3. The van der Waals surface area contributed by atoms with Crippen LogP contribution in [0.3, 0.4) is 0 Å². The molecule has 0 saturated carbocycles. The minimum Gasteiger partial charge on any atom is -0.465 e. The molecule has 0 aromatic heterocycles. The molecule has 24 heavy (non-hydrogen) atoms. The van der Waals surface area contributed by atoms with Gasteiger partial charge in [0.15, 0.2) is 0 Å². The van der Waals surface area contributed by atoms with Crippen LogP contribution in [-0.4, -0.2) is 25.5 Å². The molecular weight excluding hydrogens is 302 g/mol. The molecule has 1 N–H and O–H groups in total. The van der Waals surface area contributed by atoms with Crippen LogP contribution in [-0.2, 0) is 11.2 Å². The van der Waals surface area contributed by atoms with Gasteiger partial charge in [-0.2, -0.15) is 0 Å². The molecule has 0 bridgehead atoms. The Balaban J connectivity index is 1.63. The van der Waals surface area contributed by atoms with Crippen molar-refractivity contribution >= 4 is 11.9 Å². The van der Waals surface area contributed by atoms with Gasteiger partial charge in [0, 0.05) is 18.0 Å². The lowest BCUT2D eigenvalue weighted by Crippen LogP contribution is -2.30.